The van der Waals surface area contributed by atoms with Crippen molar-refractivity contribution in [1.82, 2.24) is 4.90 Å². The van der Waals surface area contributed by atoms with Crippen molar-refractivity contribution in [2.75, 3.05) is 20.2 Å². The van der Waals surface area contributed by atoms with Gasteiger partial charge in [-0.3, -0.25) is 4.79 Å². The van der Waals surface area contributed by atoms with Crippen molar-refractivity contribution in [1.29, 1.82) is 0 Å². The van der Waals surface area contributed by atoms with Crippen LogP contribution in [0.15, 0.2) is 30.3 Å². The third kappa shape index (κ3) is 3.90. The van der Waals surface area contributed by atoms with Gasteiger partial charge in [0.2, 0.25) is 5.91 Å². The molecule has 0 aromatic heterocycles. The van der Waals surface area contributed by atoms with Crippen LogP contribution in [-0.4, -0.2) is 37.0 Å². The van der Waals surface area contributed by atoms with E-state index in [1.54, 1.807) is 18.9 Å². The Labute approximate surface area is 96.0 Å². The van der Waals surface area contributed by atoms with E-state index in [1.807, 2.05) is 30.3 Å². The Morgan fingerprint density at radius 3 is 2.62 bits per heavy atom. The van der Waals surface area contributed by atoms with Gasteiger partial charge in [0.15, 0.2) is 0 Å². The average Bonchev–Trinajstić information content (AvgIpc) is 2.29. The summed E-state index contributed by atoms with van der Waals surface area (Å²) in [7, 11) is 1.72. The molecule has 1 unspecified atom stereocenters. The molecule has 1 amide bonds. The smallest absolute Gasteiger partial charge is 0.239 e. The summed E-state index contributed by atoms with van der Waals surface area (Å²) in [6, 6.07) is 9.05. The maximum absolute atomic E-state index is 11.4. The predicted molar refractivity (Wildman–Crippen MR) is 63.2 cm³/mol. The van der Waals surface area contributed by atoms with Crippen molar-refractivity contribution in [3.63, 3.8) is 0 Å². The molecule has 0 saturated carbocycles. The number of carbonyl (C=O) groups excluding carboxylic acids is 1. The van der Waals surface area contributed by atoms with Gasteiger partial charge in [-0.1, -0.05) is 18.2 Å². The molecule has 16 heavy (non-hydrogen) atoms. The lowest BCUT2D eigenvalue weighted by atomic mass is 10.3. The van der Waals surface area contributed by atoms with Gasteiger partial charge >= 0.3 is 0 Å². The number of para-hydroxylation sites is 1. The number of hydrogen-bond donors (Lipinski definition) is 1. The Bertz CT molecular complexity index is 325. The second-order valence-electron chi connectivity index (χ2n) is 3.71. The number of carbonyl (C=O) groups is 1. The zero-order chi connectivity index (χ0) is 12.0. The molecule has 0 saturated heterocycles. The van der Waals surface area contributed by atoms with Crippen molar-refractivity contribution in [2.45, 2.75) is 13.0 Å². The maximum Gasteiger partial charge on any atom is 0.239 e. The second kappa shape index (κ2) is 6.12. The van der Waals surface area contributed by atoms with Gasteiger partial charge in [0.25, 0.3) is 0 Å². The monoisotopic (exact) mass is 222 g/mol. The van der Waals surface area contributed by atoms with Crippen molar-refractivity contribution >= 4 is 5.91 Å². The zero-order valence-corrected chi connectivity index (χ0v) is 9.72. The van der Waals surface area contributed by atoms with Crippen molar-refractivity contribution in [3.8, 4) is 5.75 Å². The second-order valence-corrected chi connectivity index (χ2v) is 3.71. The lowest BCUT2D eigenvalue weighted by Gasteiger charge is -2.19. The van der Waals surface area contributed by atoms with Crippen LogP contribution in [-0.2, 0) is 4.79 Å². The van der Waals surface area contributed by atoms with E-state index < -0.39 is 6.04 Å². The molecule has 1 atom stereocenters. The van der Waals surface area contributed by atoms with E-state index >= 15 is 0 Å². The molecular formula is C12H18N2O2. The lowest BCUT2D eigenvalue weighted by Crippen LogP contribution is -2.41. The third-order valence-electron chi connectivity index (χ3n) is 2.20. The molecule has 0 spiro atoms. The highest BCUT2D eigenvalue weighted by atomic mass is 16.5. The molecular weight excluding hydrogens is 204 g/mol. The molecule has 4 heteroatoms. The Balaban J connectivity index is 2.28. The SMILES string of the molecule is CC(N)C(=O)N(C)CCOc1ccccc1. The number of nitrogens with zero attached hydrogens (tertiary/aromatic N) is 1. The highest BCUT2D eigenvalue weighted by Crippen LogP contribution is 2.07. The summed E-state index contributed by atoms with van der Waals surface area (Å²) in [4.78, 5) is 13.0. The molecule has 0 aliphatic rings. The van der Waals surface area contributed by atoms with Crippen molar-refractivity contribution in [2.24, 2.45) is 5.73 Å². The highest BCUT2D eigenvalue weighted by molar-refractivity contribution is 5.80. The van der Waals surface area contributed by atoms with Crippen LogP contribution in [0.1, 0.15) is 6.92 Å². The van der Waals surface area contributed by atoms with Gasteiger partial charge in [-0.15, -0.1) is 0 Å². The van der Waals surface area contributed by atoms with E-state index in [0.717, 1.165) is 5.75 Å². The number of likely N-dealkylation sites (N-methyl/N-ethyl adjacent to an activating group) is 1. The van der Waals surface area contributed by atoms with Crippen molar-refractivity contribution < 1.29 is 9.53 Å². The molecule has 0 aliphatic heterocycles. The molecule has 0 aliphatic carbocycles. The topological polar surface area (TPSA) is 55.6 Å². The summed E-state index contributed by atoms with van der Waals surface area (Å²) in [5.74, 6) is 0.737. The van der Waals surface area contributed by atoms with Crippen LogP contribution in [0.4, 0.5) is 0 Å². The molecule has 2 N–H and O–H groups in total. The first kappa shape index (κ1) is 12.5. The summed E-state index contributed by atoms with van der Waals surface area (Å²) < 4.78 is 5.47. The normalized spacial score (nSPS) is 11.9. The van der Waals surface area contributed by atoms with Crippen LogP contribution in [0.3, 0.4) is 0 Å². The molecule has 0 heterocycles. The van der Waals surface area contributed by atoms with E-state index in [2.05, 4.69) is 0 Å². The van der Waals surface area contributed by atoms with Gasteiger partial charge in [0.05, 0.1) is 12.6 Å². The van der Waals surface area contributed by atoms with E-state index in [-0.39, 0.29) is 5.91 Å². The van der Waals surface area contributed by atoms with E-state index in [0.29, 0.717) is 13.2 Å². The standard InChI is InChI=1S/C12H18N2O2/c1-10(13)12(15)14(2)8-9-16-11-6-4-3-5-7-11/h3-7,10H,8-9,13H2,1-2H3. The van der Waals surface area contributed by atoms with Crippen molar-refractivity contribution in [3.05, 3.63) is 30.3 Å². The van der Waals surface area contributed by atoms with Crippen LogP contribution >= 0.6 is 0 Å². The Kier molecular flexibility index (Phi) is 4.79. The zero-order valence-electron chi connectivity index (χ0n) is 9.72. The molecule has 0 radical (unpaired) electrons. The first-order chi connectivity index (χ1) is 7.61. The fourth-order valence-electron chi connectivity index (χ4n) is 1.27. The summed E-state index contributed by atoms with van der Waals surface area (Å²) in [5, 5.41) is 0. The van der Waals surface area contributed by atoms with Gasteiger partial charge in [-0.05, 0) is 19.1 Å². The summed E-state index contributed by atoms with van der Waals surface area (Å²) in [6.07, 6.45) is 0. The third-order valence-corrected chi connectivity index (χ3v) is 2.20. The predicted octanol–water partition coefficient (Wildman–Crippen LogP) is 0.871. The number of ether oxygens (including phenoxy) is 1. The summed E-state index contributed by atoms with van der Waals surface area (Å²) >= 11 is 0. The number of benzene rings is 1. The number of amides is 1. The Morgan fingerprint density at radius 1 is 1.44 bits per heavy atom. The van der Waals surface area contributed by atoms with Crippen LogP contribution in [0.25, 0.3) is 0 Å². The largest absolute Gasteiger partial charge is 0.492 e. The first-order valence-electron chi connectivity index (χ1n) is 5.29. The fraction of sp³-hybridized carbons (Fsp3) is 0.417. The van der Waals surface area contributed by atoms with Gasteiger partial charge < -0.3 is 15.4 Å². The van der Waals surface area contributed by atoms with Crippen LogP contribution < -0.4 is 10.5 Å². The molecule has 4 nitrogen and oxygen atoms in total. The maximum atomic E-state index is 11.4. The Morgan fingerprint density at radius 2 is 2.06 bits per heavy atom. The average molecular weight is 222 g/mol. The number of nitrogens with two attached hydrogens (primary N) is 1. The minimum absolute atomic E-state index is 0.0725. The van der Waals surface area contributed by atoms with E-state index in [4.69, 9.17) is 10.5 Å². The minimum Gasteiger partial charge on any atom is -0.492 e. The van der Waals surface area contributed by atoms with Crippen LogP contribution in [0.2, 0.25) is 0 Å². The first-order valence-corrected chi connectivity index (χ1v) is 5.29. The lowest BCUT2D eigenvalue weighted by molar-refractivity contribution is -0.131. The van der Waals surface area contributed by atoms with E-state index in [1.165, 1.54) is 0 Å². The van der Waals surface area contributed by atoms with E-state index in [9.17, 15) is 4.79 Å². The van der Waals surface area contributed by atoms with Gasteiger partial charge in [0, 0.05) is 7.05 Å². The van der Waals surface area contributed by atoms with Crippen LogP contribution in [0.5, 0.6) is 5.75 Å². The molecule has 0 fully saturated rings. The molecule has 1 aromatic carbocycles. The fourth-order valence-corrected chi connectivity index (χ4v) is 1.27. The summed E-state index contributed by atoms with van der Waals surface area (Å²) in [5.41, 5.74) is 5.49. The number of hydrogen-bond acceptors (Lipinski definition) is 3. The minimum atomic E-state index is -0.457. The van der Waals surface area contributed by atoms with Gasteiger partial charge in [0.1, 0.15) is 12.4 Å². The highest BCUT2D eigenvalue weighted by Gasteiger charge is 2.12. The van der Waals surface area contributed by atoms with Gasteiger partial charge in [-0.2, -0.15) is 0 Å². The van der Waals surface area contributed by atoms with Gasteiger partial charge in [-0.25, -0.2) is 0 Å². The quantitative estimate of drug-likeness (QED) is 0.804. The molecule has 88 valence electrons. The molecule has 1 rings (SSSR count). The van der Waals surface area contributed by atoms with Crippen LogP contribution in [0, 0.1) is 0 Å². The molecule has 1 aromatic rings. The summed E-state index contributed by atoms with van der Waals surface area (Å²) in [6.45, 7) is 2.69. The Hall–Kier alpha value is -1.55. The number of rotatable bonds is 5. The molecule has 0 bridgehead atoms.